The smallest absolute Gasteiger partial charge is 0.406 e. The number of methoxy groups -OCH3 is 1. The molecule has 3 fully saturated rings. The van der Waals surface area contributed by atoms with E-state index in [1.165, 1.54) is 77.7 Å². The van der Waals surface area contributed by atoms with Gasteiger partial charge in [-0.05, 0) is 116 Å². The molecule has 1 amide bonds. The lowest BCUT2D eigenvalue weighted by Crippen LogP contribution is -2.50. The molecular weight excluding hydrogens is 573 g/mol. The van der Waals surface area contributed by atoms with Crippen molar-refractivity contribution in [1.82, 2.24) is 5.32 Å². The molecular formula is C36H66NO6P. The van der Waals surface area contributed by atoms with E-state index in [-0.39, 0.29) is 19.6 Å². The number of carbonyl (C=O) groups excluding carboxylic acids is 1. The Bertz CT molecular complexity index is 995. The van der Waals surface area contributed by atoms with Gasteiger partial charge in [0.2, 0.25) is 0 Å². The zero-order valence-electron chi connectivity index (χ0n) is 29.3. The molecule has 2 unspecified atom stereocenters. The lowest BCUT2D eigenvalue weighted by molar-refractivity contribution is -0.0523. The molecule has 0 aromatic heterocycles. The van der Waals surface area contributed by atoms with Crippen LogP contribution >= 0.6 is 7.60 Å². The maximum atomic E-state index is 10.7. The fourth-order valence-electron chi connectivity index (χ4n) is 9.78. The average molecular weight is 640 g/mol. The summed E-state index contributed by atoms with van der Waals surface area (Å²) in [6, 6.07) is 0. The molecule has 4 rings (SSSR count). The molecule has 0 aliphatic heterocycles. The number of rotatable bonds is 12. The number of allylic oxidation sites excluding steroid dienone is 2. The summed E-state index contributed by atoms with van der Waals surface area (Å²) in [5.74, 6) is 6.73. The Kier molecular flexibility index (Phi) is 13.9. The Hall–Kier alpha value is -0.880. The largest absolute Gasteiger partial charge is 0.453 e. The molecule has 256 valence electrons. The van der Waals surface area contributed by atoms with Crippen LogP contribution in [0.3, 0.4) is 0 Å². The minimum Gasteiger partial charge on any atom is -0.453 e. The van der Waals surface area contributed by atoms with E-state index in [0.29, 0.717) is 17.3 Å². The minimum atomic E-state index is -3.47. The van der Waals surface area contributed by atoms with Crippen molar-refractivity contribution < 1.29 is 28.6 Å². The lowest BCUT2D eigenvalue weighted by Gasteiger charge is -2.58. The summed E-state index contributed by atoms with van der Waals surface area (Å²) in [5.41, 5.74) is 3.06. The van der Waals surface area contributed by atoms with E-state index >= 15 is 0 Å². The lowest BCUT2D eigenvalue weighted by atomic mass is 9.46. The second-order valence-corrected chi connectivity index (χ2v) is 17.8. The number of amides is 1. The van der Waals surface area contributed by atoms with Crippen LogP contribution in [-0.2, 0) is 13.8 Å². The molecule has 8 heteroatoms. The summed E-state index contributed by atoms with van der Waals surface area (Å²) in [7, 11) is -2.22. The van der Waals surface area contributed by atoms with Gasteiger partial charge in [-0.3, -0.25) is 4.57 Å². The highest BCUT2D eigenvalue weighted by atomic mass is 31.2. The van der Waals surface area contributed by atoms with Crippen molar-refractivity contribution in [3.8, 4) is 0 Å². The van der Waals surface area contributed by atoms with Crippen LogP contribution in [0.15, 0.2) is 11.6 Å². The van der Waals surface area contributed by atoms with Crippen LogP contribution in [0.5, 0.6) is 0 Å². The Morgan fingerprint density at radius 2 is 1.80 bits per heavy atom. The molecule has 0 saturated heterocycles. The van der Waals surface area contributed by atoms with Crippen LogP contribution in [0.4, 0.5) is 4.79 Å². The molecule has 3 saturated carbocycles. The third-order valence-electron chi connectivity index (χ3n) is 12.3. The monoisotopic (exact) mass is 639 g/mol. The van der Waals surface area contributed by atoms with Crippen molar-refractivity contribution >= 4 is 13.7 Å². The summed E-state index contributed by atoms with van der Waals surface area (Å²) in [6.07, 6.45) is 18.3. The molecule has 0 heterocycles. The number of hydrogen-bond acceptors (Lipinski definition) is 5. The number of nitrogens with one attached hydrogen (secondary N) is 1. The number of carbonyl (C=O) groups is 1. The van der Waals surface area contributed by atoms with Crippen LogP contribution in [0, 0.1) is 52.3 Å². The van der Waals surface area contributed by atoms with Gasteiger partial charge in [-0.2, -0.15) is 0 Å². The van der Waals surface area contributed by atoms with Crippen molar-refractivity contribution in [2.75, 3.05) is 26.9 Å². The van der Waals surface area contributed by atoms with Gasteiger partial charge in [0.15, 0.2) is 0 Å². The Labute approximate surface area is 269 Å². The van der Waals surface area contributed by atoms with Gasteiger partial charge < -0.3 is 24.6 Å². The fourth-order valence-corrected chi connectivity index (χ4v) is 10.2. The van der Waals surface area contributed by atoms with Crippen LogP contribution in [-0.4, -0.2) is 49.1 Å². The normalized spacial score (nSPS) is 35.5. The van der Waals surface area contributed by atoms with Crippen LogP contribution < -0.4 is 5.32 Å². The first-order valence-corrected chi connectivity index (χ1v) is 19.8. The third-order valence-corrected chi connectivity index (χ3v) is 12.9. The number of ether oxygens (including phenoxy) is 1. The van der Waals surface area contributed by atoms with E-state index in [1.54, 1.807) is 0 Å². The second-order valence-electron chi connectivity index (χ2n) is 15.9. The highest BCUT2D eigenvalue weighted by Gasteiger charge is 2.58. The standard InChI is InChI=1S/C28H48.C8H18NO6P/c1-19(2)8-7-9-21(4)24-12-13-25-23-11-10-22-18-20(3)14-16-27(22,5)26(23)15-17-28(24,25)6;1-14-8(11)9-5-3-7(10)4-6-15-16(2,12)13/h10,19-21,23-26H,7-9,11-18H2,1-6H3;7,10H,3-6H2,1-2H3,(H,9,11)(H,12,13)/t20-,21+,23-,24+,25-,26-,27-,28+;/m0./s1. The second kappa shape index (κ2) is 16.3. The van der Waals surface area contributed by atoms with Crippen molar-refractivity contribution in [1.29, 1.82) is 0 Å². The number of fused-ring (bicyclic) bond motifs is 5. The first-order valence-electron chi connectivity index (χ1n) is 17.7. The fraction of sp³-hybridized carbons (Fsp3) is 0.917. The number of aliphatic hydroxyl groups excluding tert-OH is 1. The van der Waals surface area contributed by atoms with E-state index in [9.17, 15) is 14.5 Å². The van der Waals surface area contributed by atoms with E-state index in [2.05, 4.69) is 62.2 Å². The molecule has 3 N–H and O–H groups in total. The molecule has 10 atom stereocenters. The molecule has 7 nitrogen and oxygen atoms in total. The first kappa shape index (κ1) is 37.6. The van der Waals surface area contributed by atoms with Crippen molar-refractivity contribution in [3.63, 3.8) is 0 Å². The number of alkyl carbamates (subject to hydrolysis) is 1. The molecule has 0 spiro atoms. The van der Waals surface area contributed by atoms with Gasteiger partial charge in [-0.25, -0.2) is 4.79 Å². The molecule has 4 aliphatic carbocycles. The third kappa shape index (κ3) is 9.81. The molecule has 0 bridgehead atoms. The molecule has 0 radical (unpaired) electrons. The van der Waals surface area contributed by atoms with Crippen molar-refractivity contribution in [3.05, 3.63) is 11.6 Å². The quantitative estimate of drug-likeness (QED) is 0.145. The summed E-state index contributed by atoms with van der Waals surface area (Å²) in [5, 5.41) is 11.8. The van der Waals surface area contributed by atoms with E-state index in [1.807, 2.05) is 5.57 Å². The topological polar surface area (TPSA) is 105 Å². The molecule has 0 aromatic carbocycles. The van der Waals surface area contributed by atoms with Gasteiger partial charge in [0, 0.05) is 13.2 Å². The summed E-state index contributed by atoms with van der Waals surface area (Å²) < 4.78 is 19.6. The summed E-state index contributed by atoms with van der Waals surface area (Å²) >= 11 is 0. The van der Waals surface area contributed by atoms with Crippen LogP contribution in [0.25, 0.3) is 0 Å². The SMILES string of the molecule is CC(C)CCC[C@@H](C)[C@H]1CC[C@H]2[C@@H]3CC=C4C[C@@H](C)CC[C@]4(C)[C@H]3CC[C@]12C.COC(=O)NCCC(O)CCOP(C)(=O)O. The van der Waals surface area contributed by atoms with E-state index < -0.39 is 19.8 Å². The predicted molar refractivity (Wildman–Crippen MR) is 180 cm³/mol. The zero-order chi connectivity index (χ0) is 32.7. The predicted octanol–water partition coefficient (Wildman–Crippen LogP) is 8.98. The maximum absolute atomic E-state index is 10.7. The Morgan fingerprint density at radius 1 is 1.07 bits per heavy atom. The highest BCUT2D eigenvalue weighted by molar-refractivity contribution is 7.51. The van der Waals surface area contributed by atoms with Gasteiger partial charge >= 0.3 is 13.7 Å². The van der Waals surface area contributed by atoms with Gasteiger partial charge in [-0.1, -0.05) is 72.5 Å². The summed E-state index contributed by atoms with van der Waals surface area (Å²) in [6.45, 7) is 16.6. The number of hydrogen-bond donors (Lipinski definition) is 3. The Morgan fingerprint density at radius 3 is 2.45 bits per heavy atom. The molecule has 4 aliphatic rings. The van der Waals surface area contributed by atoms with Crippen molar-refractivity contribution in [2.45, 2.75) is 131 Å². The molecule has 0 aromatic rings. The van der Waals surface area contributed by atoms with Crippen LogP contribution in [0.2, 0.25) is 0 Å². The van der Waals surface area contributed by atoms with Gasteiger partial charge in [-0.15, -0.1) is 0 Å². The van der Waals surface area contributed by atoms with E-state index in [4.69, 9.17) is 4.89 Å². The van der Waals surface area contributed by atoms with Gasteiger partial charge in [0.1, 0.15) is 0 Å². The zero-order valence-corrected chi connectivity index (χ0v) is 30.2. The first-order chi connectivity index (χ1) is 20.6. The van der Waals surface area contributed by atoms with Gasteiger partial charge in [0.25, 0.3) is 0 Å². The Balaban J connectivity index is 0.000000284. The van der Waals surface area contributed by atoms with Crippen LogP contribution in [0.1, 0.15) is 125 Å². The van der Waals surface area contributed by atoms with E-state index in [0.717, 1.165) is 48.1 Å². The number of aliphatic hydroxyl groups is 1. The van der Waals surface area contributed by atoms with Crippen molar-refractivity contribution in [2.24, 2.45) is 52.3 Å². The highest BCUT2D eigenvalue weighted by Crippen LogP contribution is 2.67. The molecule has 44 heavy (non-hydrogen) atoms. The van der Waals surface area contributed by atoms with Gasteiger partial charge in [0.05, 0.1) is 19.8 Å². The average Bonchev–Trinajstić information content (AvgIpc) is 3.30. The maximum Gasteiger partial charge on any atom is 0.406 e. The minimum absolute atomic E-state index is 0.00364. The summed E-state index contributed by atoms with van der Waals surface area (Å²) in [4.78, 5) is 19.4.